The van der Waals surface area contributed by atoms with E-state index < -0.39 is 11.9 Å². The van der Waals surface area contributed by atoms with Crippen molar-refractivity contribution in [3.63, 3.8) is 0 Å². The van der Waals surface area contributed by atoms with E-state index >= 15 is 0 Å². The maximum Gasteiger partial charge on any atom is 0.328 e. The quantitative estimate of drug-likeness (QED) is 0.420. The van der Waals surface area contributed by atoms with E-state index in [0.717, 1.165) is 24.2 Å². The summed E-state index contributed by atoms with van der Waals surface area (Å²) >= 11 is 0. The summed E-state index contributed by atoms with van der Waals surface area (Å²) in [5.74, 6) is 0.433. The Morgan fingerprint density at radius 2 is 1.97 bits per heavy atom. The summed E-state index contributed by atoms with van der Waals surface area (Å²) in [4.78, 5) is 39.0. The lowest BCUT2D eigenvalue weighted by molar-refractivity contribution is -0.134. The van der Waals surface area contributed by atoms with Crippen LogP contribution in [0.2, 0.25) is 0 Å². The van der Waals surface area contributed by atoms with Crippen LogP contribution in [0.4, 0.5) is 5.69 Å². The van der Waals surface area contributed by atoms with Crippen LogP contribution in [0.1, 0.15) is 17.8 Å². The van der Waals surface area contributed by atoms with E-state index in [9.17, 15) is 14.4 Å². The number of carbonyl (C=O) groups is 3. The third-order valence-corrected chi connectivity index (χ3v) is 4.18. The number of aliphatic carboxylic acids is 2. The fourth-order valence-corrected chi connectivity index (χ4v) is 2.82. The SMILES string of the molecule is C#CCOc1ccccc1NC(=O)C1CCc2nc[nH]c2C1.O=C(O)/C=C/C(=O)O. The first-order valence-electron chi connectivity index (χ1n) is 9.02. The predicted molar refractivity (Wildman–Crippen MR) is 108 cm³/mol. The fraction of sp³-hybridized carbons (Fsp3) is 0.238. The van der Waals surface area contributed by atoms with Gasteiger partial charge in [-0.25, -0.2) is 14.6 Å². The molecule has 1 aromatic heterocycles. The molecule has 1 aromatic carbocycles. The van der Waals surface area contributed by atoms with Gasteiger partial charge in [-0.1, -0.05) is 18.1 Å². The Morgan fingerprint density at radius 1 is 1.27 bits per heavy atom. The molecule has 0 saturated heterocycles. The number of imidazole rings is 1. The van der Waals surface area contributed by atoms with Gasteiger partial charge in [0.25, 0.3) is 0 Å². The molecule has 0 bridgehead atoms. The Morgan fingerprint density at radius 3 is 2.63 bits per heavy atom. The number of hydrogen-bond donors (Lipinski definition) is 4. The monoisotopic (exact) mass is 411 g/mol. The van der Waals surface area contributed by atoms with E-state index in [1.165, 1.54) is 0 Å². The number of ether oxygens (including phenoxy) is 1. The summed E-state index contributed by atoms with van der Waals surface area (Å²) in [5, 5.41) is 18.6. The van der Waals surface area contributed by atoms with Crippen molar-refractivity contribution in [3.05, 3.63) is 54.1 Å². The molecule has 2 aromatic rings. The molecule has 3 rings (SSSR count). The van der Waals surface area contributed by atoms with Gasteiger partial charge in [0, 0.05) is 30.2 Å². The van der Waals surface area contributed by atoms with Crippen molar-refractivity contribution in [1.82, 2.24) is 9.97 Å². The average molecular weight is 411 g/mol. The third kappa shape index (κ3) is 6.83. The summed E-state index contributed by atoms with van der Waals surface area (Å²) in [6.07, 6.45) is 10.3. The normalized spacial score (nSPS) is 14.6. The zero-order valence-electron chi connectivity index (χ0n) is 16.0. The lowest BCUT2D eigenvalue weighted by atomic mass is 9.89. The van der Waals surface area contributed by atoms with E-state index in [1.807, 2.05) is 18.2 Å². The zero-order valence-corrected chi connectivity index (χ0v) is 16.0. The number of rotatable bonds is 6. The second kappa shape index (κ2) is 11.1. The highest BCUT2D eigenvalue weighted by Crippen LogP contribution is 2.27. The fourth-order valence-electron chi connectivity index (χ4n) is 2.82. The van der Waals surface area contributed by atoms with Crippen LogP contribution in [0.5, 0.6) is 5.75 Å². The number of aryl methyl sites for hydroxylation is 1. The van der Waals surface area contributed by atoms with Crippen molar-refractivity contribution in [3.8, 4) is 18.1 Å². The van der Waals surface area contributed by atoms with E-state index in [-0.39, 0.29) is 18.4 Å². The summed E-state index contributed by atoms with van der Waals surface area (Å²) in [6.45, 7) is 0.174. The molecule has 1 aliphatic rings. The molecule has 9 nitrogen and oxygen atoms in total. The first kappa shape index (κ1) is 22.2. The second-order valence-electron chi connectivity index (χ2n) is 6.26. The van der Waals surface area contributed by atoms with Crippen molar-refractivity contribution >= 4 is 23.5 Å². The van der Waals surface area contributed by atoms with Crippen molar-refractivity contribution in [2.75, 3.05) is 11.9 Å². The predicted octanol–water partition coefficient (Wildman–Crippen LogP) is 1.88. The second-order valence-corrected chi connectivity index (χ2v) is 6.26. The van der Waals surface area contributed by atoms with Crippen molar-refractivity contribution < 1.29 is 29.3 Å². The number of nitrogens with one attached hydrogen (secondary N) is 2. The van der Waals surface area contributed by atoms with Crippen LogP contribution in [0.15, 0.2) is 42.7 Å². The lowest BCUT2D eigenvalue weighted by Gasteiger charge is -2.21. The first-order valence-corrected chi connectivity index (χ1v) is 9.02. The highest BCUT2D eigenvalue weighted by Gasteiger charge is 2.26. The van der Waals surface area contributed by atoms with Crippen LogP contribution >= 0.6 is 0 Å². The maximum absolute atomic E-state index is 12.5. The maximum atomic E-state index is 12.5. The Hall–Kier alpha value is -4.06. The molecule has 0 aliphatic heterocycles. The summed E-state index contributed by atoms with van der Waals surface area (Å²) in [5.41, 5.74) is 2.78. The summed E-state index contributed by atoms with van der Waals surface area (Å²) in [7, 11) is 0. The topological polar surface area (TPSA) is 142 Å². The number of aromatic nitrogens is 2. The first-order chi connectivity index (χ1) is 14.4. The third-order valence-electron chi connectivity index (χ3n) is 4.18. The minimum atomic E-state index is -1.26. The molecular weight excluding hydrogens is 390 g/mol. The van der Waals surface area contributed by atoms with Crippen LogP contribution in [0.3, 0.4) is 0 Å². The van der Waals surface area contributed by atoms with Gasteiger partial charge < -0.3 is 25.3 Å². The number of nitrogens with zero attached hydrogens (tertiary/aromatic N) is 1. The molecule has 1 atom stereocenters. The molecule has 1 aliphatic carbocycles. The number of aromatic amines is 1. The van der Waals surface area contributed by atoms with Gasteiger partial charge in [-0.3, -0.25) is 4.79 Å². The zero-order chi connectivity index (χ0) is 21.9. The molecule has 0 radical (unpaired) electrons. The Kier molecular flexibility index (Phi) is 8.20. The molecule has 4 N–H and O–H groups in total. The van der Waals surface area contributed by atoms with Gasteiger partial charge in [-0.05, 0) is 25.0 Å². The number of para-hydroxylation sites is 2. The molecule has 1 unspecified atom stereocenters. The molecule has 0 saturated carbocycles. The van der Waals surface area contributed by atoms with E-state index in [2.05, 4.69) is 21.2 Å². The molecule has 9 heteroatoms. The van der Waals surface area contributed by atoms with E-state index in [4.69, 9.17) is 21.4 Å². The van der Waals surface area contributed by atoms with Gasteiger partial charge in [0.15, 0.2) is 0 Å². The standard InChI is InChI=1S/C17H17N3O2.C4H4O4/c1-2-9-22-16-6-4-3-5-14(16)20-17(21)12-7-8-13-15(10-12)19-11-18-13;5-3(6)1-2-4(7)8/h1,3-6,11-12H,7-10H2,(H,18,19)(H,20,21);1-2H,(H,5,6)(H,7,8)/b;2-1+. The molecule has 0 spiro atoms. The lowest BCUT2D eigenvalue weighted by Crippen LogP contribution is -2.28. The molecular formula is C21H21N3O6. The van der Waals surface area contributed by atoms with Crippen molar-refractivity contribution in [1.29, 1.82) is 0 Å². The number of fused-ring (bicyclic) bond motifs is 1. The van der Waals surface area contributed by atoms with Crippen LogP contribution in [0.25, 0.3) is 0 Å². The Balaban J connectivity index is 0.000000343. The Bertz CT molecular complexity index is 957. The summed E-state index contributed by atoms with van der Waals surface area (Å²) in [6, 6.07) is 7.31. The van der Waals surface area contributed by atoms with E-state index in [0.29, 0.717) is 30.0 Å². The average Bonchev–Trinajstić information content (AvgIpc) is 3.20. The van der Waals surface area contributed by atoms with Gasteiger partial charge >= 0.3 is 11.9 Å². The van der Waals surface area contributed by atoms with Gasteiger partial charge in [0.2, 0.25) is 5.91 Å². The van der Waals surface area contributed by atoms with Gasteiger partial charge in [-0.2, -0.15) is 0 Å². The number of carboxylic acid groups (broad SMARTS) is 2. The smallest absolute Gasteiger partial charge is 0.328 e. The summed E-state index contributed by atoms with van der Waals surface area (Å²) < 4.78 is 5.45. The highest BCUT2D eigenvalue weighted by atomic mass is 16.5. The van der Waals surface area contributed by atoms with E-state index in [1.54, 1.807) is 12.4 Å². The molecule has 1 heterocycles. The highest BCUT2D eigenvalue weighted by molar-refractivity contribution is 5.94. The molecule has 0 fully saturated rings. The number of carboxylic acids is 2. The van der Waals surface area contributed by atoms with Crippen LogP contribution in [-0.2, 0) is 27.2 Å². The van der Waals surface area contributed by atoms with Crippen LogP contribution in [0, 0.1) is 18.3 Å². The number of anilines is 1. The van der Waals surface area contributed by atoms with Crippen LogP contribution in [-0.4, -0.2) is 44.6 Å². The number of H-pyrrole nitrogens is 1. The molecule has 1 amide bonds. The minimum Gasteiger partial charge on any atom is -0.479 e. The molecule has 30 heavy (non-hydrogen) atoms. The number of amides is 1. The van der Waals surface area contributed by atoms with Crippen molar-refractivity contribution in [2.24, 2.45) is 5.92 Å². The number of hydrogen-bond acceptors (Lipinski definition) is 5. The number of benzene rings is 1. The van der Waals surface area contributed by atoms with Gasteiger partial charge in [-0.15, -0.1) is 6.42 Å². The number of carbonyl (C=O) groups excluding carboxylic acids is 1. The van der Waals surface area contributed by atoms with Crippen LogP contribution < -0.4 is 10.1 Å². The number of terminal acetylenes is 1. The minimum absolute atomic E-state index is 0.00277. The van der Waals surface area contributed by atoms with Crippen molar-refractivity contribution in [2.45, 2.75) is 19.3 Å². The largest absolute Gasteiger partial charge is 0.479 e. The van der Waals surface area contributed by atoms with Gasteiger partial charge in [0.1, 0.15) is 12.4 Å². The molecule has 156 valence electrons. The van der Waals surface area contributed by atoms with Gasteiger partial charge in [0.05, 0.1) is 17.7 Å². The Labute approximate surface area is 172 Å².